The molecule has 1 fully saturated rings. The van der Waals surface area contributed by atoms with Crippen LogP contribution in [0.2, 0.25) is 5.02 Å². The third kappa shape index (κ3) is 3.30. The van der Waals surface area contributed by atoms with Crippen LogP contribution in [0.25, 0.3) is 0 Å². The van der Waals surface area contributed by atoms with Gasteiger partial charge in [0.1, 0.15) is 5.75 Å². The molecule has 1 aromatic carbocycles. The van der Waals surface area contributed by atoms with E-state index in [1.807, 2.05) is 18.2 Å². The lowest BCUT2D eigenvalue weighted by Crippen LogP contribution is -2.04. The van der Waals surface area contributed by atoms with Gasteiger partial charge in [-0.3, -0.25) is 0 Å². The number of nitrogens with two attached hydrogens (primary N) is 1. The van der Waals surface area contributed by atoms with E-state index in [0.29, 0.717) is 11.8 Å². The number of halogens is 1. The fourth-order valence-electron chi connectivity index (χ4n) is 2.06. The summed E-state index contributed by atoms with van der Waals surface area (Å²) in [4.78, 5) is 0. The van der Waals surface area contributed by atoms with Gasteiger partial charge in [-0.05, 0) is 54.8 Å². The van der Waals surface area contributed by atoms with Crippen LogP contribution in [0.4, 0.5) is 0 Å². The molecule has 0 aliphatic heterocycles. The van der Waals surface area contributed by atoms with Crippen LogP contribution in [0, 0.1) is 5.92 Å². The van der Waals surface area contributed by atoms with Gasteiger partial charge in [0.15, 0.2) is 0 Å². The van der Waals surface area contributed by atoms with Crippen LogP contribution in [0.15, 0.2) is 18.2 Å². The Morgan fingerprint density at radius 1 is 1.53 bits per heavy atom. The number of ether oxygens (including phenoxy) is 1. The number of hydrogen-bond donors (Lipinski definition) is 1. The summed E-state index contributed by atoms with van der Waals surface area (Å²) >= 11 is 7.84. The van der Waals surface area contributed by atoms with Crippen molar-refractivity contribution in [1.82, 2.24) is 0 Å². The third-order valence-corrected chi connectivity index (χ3v) is 3.95. The van der Waals surface area contributed by atoms with Crippen molar-refractivity contribution in [3.63, 3.8) is 0 Å². The minimum atomic E-state index is 0.544. The van der Waals surface area contributed by atoms with Gasteiger partial charge in [0.25, 0.3) is 0 Å². The summed E-state index contributed by atoms with van der Waals surface area (Å²) in [5.41, 5.74) is 6.92. The van der Waals surface area contributed by atoms with Gasteiger partial charge in [-0.2, -0.15) is 11.8 Å². The number of thioether (sulfide) groups is 1. The van der Waals surface area contributed by atoms with E-state index in [0.717, 1.165) is 36.1 Å². The van der Waals surface area contributed by atoms with Gasteiger partial charge in [0, 0.05) is 10.8 Å². The van der Waals surface area contributed by atoms with Gasteiger partial charge in [-0.15, -0.1) is 0 Å². The zero-order valence-corrected chi connectivity index (χ0v) is 11.6. The molecule has 0 radical (unpaired) electrons. The van der Waals surface area contributed by atoms with Crippen LogP contribution in [-0.4, -0.2) is 25.2 Å². The summed E-state index contributed by atoms with van der Waals surface area (Å²) in [5, 5.41) is 0.778. The summed E-state index contributed by atoms with van der Waals surface area (Å²) in [6.45, 7) is 1.50. The van der Waals surface area contributed by atoms with Crippen LogP contribution in [0.5, 0.6) is 5.75 Å². The van der Waals surface area contributed by atoms with Crippen molar-refractivity contribution in [2.75, 3.05) is 25.2 Å². The molecule has 2 N–H and O–H groups in total. The monoisotopic (exact) mass is 271 g/mol. The summed E-state index contributed by atoms with van der Waals surface area (Å²) < 4.78 is 5.81. The van der Waals surface area contributed by atoms with Crippen molar-refractivity contribution in [2.45, 2.75) is 12.3 Å². The molecule has 0 bridgehead atoms. The zero-order valence-electron chi connectivity index (χ0n) is 9.99. The first kappa shape index (κ1) is 13.1. The quantitative estimate of drug-likeness (QED) is 0.808. The predicted octanol–water partition coefficient (Wildman–Crippen LogP) is 3.14. The Kier molecular flexibility index (Phi) is 4.60. The maximum Gasteiger partial charge on any atom is 0.122 e. The molecule has 1 aliphatic rings. The van der Waals surface area contributed by atoms with Crippen LogP contribution < -0.4 is 10.5 Å². The summed E-state index contributed by atoms with van der Waals surface area (Å²) in [6.07, 6.45) is 3.24. The van der Waals surface area contributed by atoms with Crippen molar-refractivity contribution in [3.8, 4) is 5.75 Å². The second-order valence-electron chi connectivity index (χ2n) is 4.36. The Hall–Kier alpha value is -0.380. The van der Waals surface area contributed by atoms with E-state index in [9.17, 15) is 0 Å². The molecule has 17 heavy (non-hydrogen) atoms. The zero-order chi connectivity index (χ0) is 12.3. The highest BCUT2D eigenvalue weighted by molar-refractivity contribution is 7.98. The molecular weight excluding hydrogens is 254 g/mol. The van der Waals surface area contributed by atoms with Crippen molar-refractivity contribution in [1.29, 1.82) is 0 Å². The minimum Gasteiger partial charge on any atom is -0.492 e. The number of hydrogen-bond acceptors (Lipinski definition) is 3. The molecule has 1 aromatic rings. The number of benzene rings is 1. The van der Waals surface area contributed by atoms with E-state index in [1.165, 1.54) is 5.56 Å². The molecule has 0 amide bonds. The highest BCUT2D eigenvalue weighted by atomic mass is 35.5. The van der Waals surface area contributed by atoms with Crippen molar-refractivity contribution in [2.24, 2.45) is 11.7 Å². The predicted molar refractivity (Wildman–Crippen MR) is 75.2 cm³/mol. The Morgan fingerprint density at radius 3 is 3.00 bits per heavy atom. The number of rotatable bonds is 6. The molecule has 2 atom stereocenters. The van der Waals surface area contributed by atoms with Crippen molar-refractivity contribution < 1.29 is 4.74 Å². The second kappa shape index (κ2) is 5.98. The molecule has 2 nitrogen and oxygen atoms in total. The van der Waals surface area contributed by atoms with Gasteiger partial charge in [0.05, 0.1) is 6.61 Å². The third-order valence-electron chi connectivity index (χ3n) is 3.14. The van der Waals surface area contributed by atoms with Crippen LogP contribution in [-0.2, 0) is 0 Å². The van der Waals surface area contributed by atoms with E-state index >= 15 is 0 Å². The maximum atomic E-state index is 6.05. The van der Waals surface area contributed by atoms with E-state index in [2.05, 4.69) is 6.26 Å². The first-order valence-corrected chi connectivity index (χ1v) is 7.64. The average Bonchev–Trinajstić information content (AvgIpc) is 3.10. The smallest absolute Gasteiger partial charge is 0.122 e. The summed E-state index contributed by atoms with van der Waals surface area (Å²) in [5.74, 6) is 3.14. The molecule has 0 unspecified atom stereocenters. The fraction of sp³-hybridized carbons (Fsp3) is 0.538. The Bertz CT molecular complexity index is 386. The van der Waals surface area contributed by atoms with Crippen molar-refractivity contribution >= 4 is 23.4 Å². The lowest BCUT2D eigenvalue weighted by atomic mass is 10.1. The minimum absolute atomic E-state index is 0.544. The fourth-order valence-corrected chi connectivity index (χ4v) is 2.50. The average molecular weight is 272 g/mol. The standard InChI is InChI=1S/C13H18ClNOS/c1-17-5-4-16-13-3-2-10(14)7-12(13)11-6-9(11)8-15/h2-3,7,9,11H,4-6,8,15H2,1H3/t9-,11+/m0/s1. The van der Waals surface area contributed by atoms with Crippen LogP contribution in [0.3, 0.4) is 0 Å². The van der Waals surface area contributed by atoms with E-state index in [4.69, 9.17) is 22.1 Å². The van der Waals surface area contributed by atoms with Gasteiger partial charge in [-0.1, -0.05) is 11.6 Å². The molecule has 1 aliphatic carbocycles. The lowest BCUT2D eigenvalue weighted by molar-refractivity contribution is 0.340. The normalized spacial score (nSPS) is 22.5. The molecule has 0 heterocycles. The molecule has 94 valence electrons. The Labute approximate surface area is 112 Å². The first-order valence-electron chi connectivity index (χ1n) is 5.87. The second-order valence-corrected chi connectivity index (χ2v) is 5.78. The van der Waals surface area contributed by atoms with E-state index < -0.39 is 0 Å². The van der Waals surface area contributed by atoms with Gasteiger partial charge < -0.3 is 10.5 Å². The molecular formula is C13H18ClNOS. The largest absolute Gasteiger partial charge is 0.492 e. The molecule has 0 aromatic heterocycles. The Balaban J connectivity index is 2.08. The van der Waals surface area contributed by atoms with Crippen LogP contribution >= 0.6 is 23.4 Å². The summed E-state index contributed by atoms with van der Waals surface area (Å²) in [6, 6.07) is 5.89. The van der Waals surface area contributed by atoms with Gasteiger partial charge in [0.2, 0.25) is 0 Å². The highest BCUT2D eigenvalue weighted by Crippen LogP contribution is 2.50. The topological polar surface area (TPSA) is 35.2 Å². The maximum absolute atomic E-state index is 6.05. The SMILES string of the molecule is CSCCOc1ccc(Cl)cc1[C@@H]1C[C@H]1CN. The molecule has 2 rings (SSSR count). The summed E-state index contributed by atoms with van der Waals surface area (Å²) in [7, 11) is 0. The Morgan fingerprint density at radius 2 is 2.35 bits per heavy atom. The molecule has 1 saturated carbocycles. The van der Waals surface area contributed by atoms with Crippen LogP contribution in [0.1, 0.15) is 17.9 Å². The van der Waals surface area contributed by atoms with Crippen molar-refractivity contribution in [3.05, 3.63) is 28.8 Å². The highest BCUT2D eigenvalue weighted by Gasteiger charge is 2.38. The van der Waals surface area contributed by atoms with E-state index in [1.54, 1.807) is 11.8 Å². The molecule has 0 spiro atoms. The molecule has 4 heteroatoms. The lowest BCUT2D eigenvalue weighted by Gasteiger charge is -2.11. The van der Waals surface area contributed by atoms with E-state index in [-0.39, 0.29) is 0 Å². The first-order chi connectivity index (χ1) is 8.26. The van der Waals surface area contributed by atoms with Gasteiger partial charge in [-0.25, -0.2) is 0 Å². The van der Waals surface area contributed by atoms with Gasteiger partial charge >= 0.3 is 0 Å². The molecule has 0 saturated heterocycles.